The molecule has 0 aliphatic rings. The van der Waals surface area contributed by atoms with Gasteiger partial charge in [0.2, 0.25) is 5.91 Å². The average molecular weight is 352 g/mol. The number of methoxy groups -OCH3 is 2. The Morgan fingerprint density at radius 1 is 1.09 bits per heavy atom. The highest BCUT2D eigenvalue weighted by Gasteiger charge is 2.07. The van der Waals surface area contributed by atoms with Gasteiger partial charge in [-0.2, -0.15) is 0 Å². The summed E-state index contributed by atoms with van der Waals surface area (Å²) in [6.45, 7) is 0. The van der Waals surface area contributed by atoms with Crippen molar-refractivity contribution < 1.29 is 14.3 Å². The number of ether oxygens (including phenoxy) is 2. The van der Waals surface area contributed by atoms with E-state index in [2.05, 4.69) is 5.32 Å². The maximum Gasteiger partial charge on any atom is 0.248 e. The first-order valence-electron chi connectivity index (χ1n) is 6.69. The van der Waals surface area contributed by atoms with Crippen LogP contribution in [0.5, 0.6) is 11.5 Å². The van der Waals surface area contributed by atoms with Crippen LogP contribution in [0.4, 0.5) is 5.69 Å². The second-order valence-electron chi connectivity index (χ2n) is 4.55. The number of benzene rings is 2. The largest absolute Gasteiger partial charge is 0.497 e. The van der Waals surface area contributed by atoms with Crippen molar-refractivity contribution >= 4 is 40.9 Å². The van der Waals surface area contributed by atoms with Crippen molar-refractivity contribution in [1.82, 2.24) is 0 Å². The van der Waals surface area contributed by atoms with Gasteiger partial charge in [0, 0.05) is 22.2 Å². The van der Waals surface area contributed by atoms with Crippen LogP contribution in [0.15, 0.2) is 42.5 Å². The Labute approximate surface area is 144 Å². The Hall–Kier alpha value is -2.17. The Morgan fingerprint density at radius 3 is 2.52 bits per heavy atom. The van der Waals surface area contributed by atoms with Gasteiger partial charge in [-0.15, -0.1) is 0 Å². The van der Waals surface area contributed by atoms with Crippen LogP contribution in [0.2, 0.25) is 10.0 Å². The van der Waals surface area contributed by atoms with Crippen LogP contribution >= 0.6 is 23.2 Å². The summed E-state index contributed by atoms with van der Waals surface area (Å²) in [4.78, 5) is 12.0. The second-order valence-corrected chi connectivity index (χ2v) is 5.40. The van der Waals surface area contributed by atoms with Gasteiger partial charge in [-0.1, -0.05) is 29.3 Å². The smallest absolute Gasteiger partial charge is 0.248 e. The molecule has 0 aliphatic heterocycles. The number of hydrogen-bond donors (Lipinski definition) is 1. The van der Waals surface area contributed by atoms with Crippen molar-refractivity contribution in [3.05, 3.63) is 58.1 Å². The van der Waals surface area contributed by atoms with Crippen LogP contribution in [0.1, 0.15) is 5.56 Å². The van der Waals surface area contributed by atoms with Gasteiger partial charge >= 0.3 is 0 Å². The predicted molar refractivity (Wildman–Crippen MR) is 93.7 cm³/mol. The summed E-state index contributed by atoms with van der Waals surface area (Å²) >= 11 is 11.9. The predicted octanol–water partition coefficient (Wildman–Crippen LogP) is 4.66. The molecule has 0 atom stereocenters. The highest BCUT2D eigenvalue weighted by molar-refractivity contribution is 6.35. The van der Waals surface area contributed by atoms with Crippen LogP contribution in [0.25, 0.3) is 6.08 Å². The zero-order valence-corrected chi connectivity index (χ0v) is 14.1. The molecule has 0 radical (unpaired) electrons. The summed E-state index contributed by atoms with van der Waals surface area (Å²) in [5.41, 5.74) is 1.25. The van der Waals surface area contributed by atoms with E-state index >= 15 is 0 Å². The summed E-state index contributed by atoms with van der Waals surface area (Å²) in [7, 11) is 3.08. The van der Waals surface area contributed by atoms with Crippen LogP contribution in [-0.2, 0) is 4.79 Å². The minimum absolute atomic E-state index is 0.306. The van der Waals surface area contributed by atoms with E-state index in [0.717, 1.165) is 0 Å². The van der Waals surface area contributed by atoms with Crippen LogP contribution in [0, 0.1) is 0 Å². The number of amides is 1. The van der Waals surface area contributed by atoms with Crippen molar-refractivity contribution in [2.24, 2.45) is 0 Å². The van der Waals surface area contributed by atoms with Crippen LogP contribution in [-0.4, -0.2) is 20.1 Å². The average Bonchev–Trinajstić information content (AvgIpc) is 2.54. The lowest BCUT2D eigenvalue weighted by molar-refractivity contribution is -0.111. The van der Waals surface area contributed by atoms with E-state index in [1.54, 1.807) is 49.6 Å². The van der Waals surface area contributed by atoms with Gasteiger partial charge in [-0.25, -0.2) is 0 Å². The molecule has 6 heteroatoms. The van der Waals surface area contributed by atoms with Crippen LogP contribution in [0.3, 0.4) is 0 Å². The maximum atomic E-state index is 12.0. The van der Waals surface area contributed by atoms with E-state index < -0.39 is 0 Å². The number of halogens is 2. The van der Waals surface area contributed by atoms with E-state index in [4.69, 9.17) is 32.7 Å². The topological polar surface area (TPSA) is 47.6 Å². The molecular formula is C17H15Cl2NO3. The van der Waals surface area contributed by atoms with Gasteiger partial charge < -0.3 is 14.8 Å². The molecule has 0 heterocycles. The highest BCUT2D eigenvalue weighted by atomic mass is 35.5. The monoisotopic (exact) mass is 351 g/mol. The lowest BCUT2D eigenvalue weighted by atomic mass is 10.2. The molecule has 4 nitrogen and oxygen atoms in total. The third kappa shape index (κ3) is 4.65. The molecule has 0 saturated heterocycles. The van der Waals surface area contributed by atoms with Gasteiger partial charge in [0.05, 0.1) is 19.9 Å². The molecule has 0 aliphatic carbocycles. The number of nitrogens with one attached hydrogen (secondary N) is 1. The Morgan fingerprint density at radius 2 is 1.87 bits per heavy atom. The van der Waals surface area contributed by atoms with Gasteiger partial charge in [-0.3, -0.25) is 4.79 Å². The lowest BCUT2D eigenvalue weighted by Gasteiger charge is -2.10. The minimum Gasteiger partial charge on any atom is -0.497 e. The molecule has 0 unspecified atom stereocenters. The van der Waals surface area contributed by atoms with E-state index in [-0.39, 0.29) is 5.91 Å². The zero-order valence-electron chi connectivity index (χ0n) is 12.6. The Balaban J connectivity index is 2.11. The van der Waals surface area contributed by atoms with Gasteiger partial charge in [0.15, 0.2) is 0 Å². The fourth-order valence-corrected chi connectivity index (χ4v) is 2.35. The first-order chi connectivity index (χ1) is 11.0. The molecule has 120 valence electrons. The molecule has 0 aromatic heterocycles. The van der Waals surface area contributed by atoms with E-state index in [1.807, 2.05) is 0 Å². The minimum atomic E-state index is -0.306. The number of rotatable bonds is 5. The molecule has 0 fully saturated rings. The molecule has 1 amide bonds. The third-order valence-corrected chi connectivity index (χ3v) is 3.61. The quantitative estimate of drug-likeness (QED) is 0.796. The lowest BCUT2D eigenvalue weighted by Crippen LogP contribution is -2.09. The fraction of sp³-hybridized carbons (Fsp3) is 0.118. The molecule has 2 rings (SSSR count). The first-order valence-corrected chi connectivity index (χ1v) is 7.45. The molecule has 23 heavy (non-hydrogen) atoms. The third-order valence-electron chi connectivity index (χ3n) is 3.04. The molecule has 0 bridgehead atoms. The van der Waals surface area contributed by atoms with Gasteiger partial charge in [0.25, 0.3) is 0 Å². The SMILES string of the molecule is COc1ccc(NC(=O)C=Cc2ccc(Cl)cc2Cl)c(OC)c1. The van der Waals surface area contributed by atoms with Gasteiger partial charge in [-0.05, 0) is 35.9 Å². The first kappa shape index (κ1) is 17.2. The van der Waals surface area contributed by atoms with Crippen molar-refractivity contribution in [3.63, 3.8) is 0 Å². The van der Waals surface area contributed by atoms with E-state index in [0.29, 0.717) is 32.8 Å². The number of carbonyl (C=O) groups excluding carboxylic acids is 1. The number of carbonyl (C=O) groups is 1. The van der Waals surface area contributed by atoms with Crippen LogP contribution < -0.4 is 14.8 Å². The van der Waals surface area contributed by atoms with Crippen molar-refractivity contribution in [3.8, 4) is 11.5 Å². The molecule has 0 saturated carbocycles. The summed E-state index contributed by atoms with van der Waals surface area (Å²) in [6.07, 6.45) is 3.00. The van der Waals surface area contributed by atoms with E-state index in [9.17, 15) is 4.79 Å². The second kappa shape index (κ2) is 7.90. The summed E-state index contributed by atoms with van der Waals surface area (Å²) in [5, 5.41) is 3.76. The molecule has 0 spiro atoms. The zero-order chi connectivity index (χ0) is 16.8. The molecule has 1 N–H and O–H groups in total. The number of hydrogen-bond acceptors (Lipinski definition) is 3. The summed E-state index contributed by atoms with van der Waals surface area (Å²) < 4.78 is 10.3. The maximum absolute atomic E-state index is 12.0. The molecular weight excluding hydrogens is 337 g/mol. The van der Waals surface area contributed by atoms with Gasteiger partial charge in [0.1, 0.15) is 11.5 Å². The van der Waals surface area contributed by atoms with E-state index in [1.165, 1.54) is 13.2 Å². The highest BCUT2D eigenvalue weighted by Crippen LogP contribution is 2.29. The van der Waals surface area contributed by atoms with Crippen molar-refractivity contribution in [2.45, 2.75) is 0 Å². The Bertz CT molecular complexity index is 745. The fourth-order valence-electron chi connectivity index (χ4n) is 1.88. The molecule has 2 aromatic rings. The Kier molecular flexibility index (Phi) is 5.90. The normalized spacial score (nSPS) is 10.6. The summed E-state index contributed by atoms with van der Waals surface area (Å²) in [6, 6.07) is 10.2. The van der Waals surface area contributed by atoms with Crippen molar-refractivity contribution in [2.75, 3.05) is 19.5 Å². The number of anilines is 1. The molecule has 2 aromatic carbocycles. The standard InChI is InChI=1S/C17H15Cl2NO3/c1-22-13-6-7-15(16(10-13)23-2)20-17(21)8-4-11-3-5-12(18)9-14(11)19/h3-10H,1-2H3,(H,20,21). The van der Waals surface area contributed by atoms with Crippen molar-refractivity contribution in [1.29, 1.82) is 0 Å². The summed E-state index contributed by atoms with van der Waals surface area (Å²) in [5.74, 6) is 0.846.